The summed E-state index contributed by atoms with van der Waals surface area (Å²) in [5, 5.41) is 4.71. The van der Waals surface area contributed by atoms with Gasteiger partial charge < -0.3 is 15.0 Å². The van der Waals surface area contributed by atoms with Gasteiger partial charge in [-0.15, -0.1) is 0 Å². The van der Waals surface area contributed by atoms with E-state index in [0.717, 1.165) is 0 Å². The van der Waals surface area contributed by atoms with Gasteiger partial charge in [0.05, 0.1) is 11.3 Å². The second-order valence-corrected chi connectivity index (χ2v) is 11.7. The lowest BCUT2D eigenvalue weighted by Gasteiger charge is -2.24. The lowest BCUT2D eigenvalue weighted by atomic mass is 10.0. The van der Waals surface area contributed by atoms with Crippen molar-refractivity contribution in [3.05, 3.63) is 93.5 Å². The van der Waals surface area contributed by atoms with Crippen LogP contribution in [0.25, 0.3) is 15.9 Å². The Morgan fingerprint density at radius 2 is 1.82 bits per heavy atom. The van der Waals surface area contributed by atoms with Crippen LogP contribution >= 0.6 is 11.3 Å². The van der Waals surface area contributed by atoms with Gasteiger partial charge in [-0.05, 0) is 76.1 Å². The number of rotatable bonds is 5. The lowest BCUT2D eigenvalue weighted by molar-refractivity contribution is 0.0293. The summed E-state index contributed by atoms with van der Waals surface area (Å²) in [6, 6.07) is 16.6. The van der Waals surface area contributed by atoms with E-state index in [0.29, 0.717) is 57.1 Å². The quantitative estimate of drug-likeness (QED) is 0.303. The number of aryl methyl sites for hydroxylation is 1. The smallest absolute Gasteiger partial charge is 0.410 e. The van der Waals surface area contributed by atoms with Crippen molar-refractivity contribution < 1.29 is 18.7 Å². The predicted octanol–water partition coefficient (Wildman–Crippen LogP) is 6.15. The summed E-state index contributed by atoms with van der Waals surface area (Å²) in [6.07, 6.45) is 0.293. The lowest BCUT2D eigenvalue weighted by Crippen LogP contribution is -2.36. The maximum atomic E-state index is 14.0. The number of carbonyl (C=O) groups is 2. The number of likely N-dealkylation sites (tertiary alicyclic amines) is 1. The maximum Gasteiger partial charge on any atom is 0.410 e. The van der Waals surface area contributed by atoms with Gasteiger partial charge in [-0.2, -0.15) is 0 Å². The van der Waals surface area contributed by atoms with Crippen LogP contribution in [-0.4, -0.2) is 46.1 Å². The van der Waals surface area contributed by atoms with Gasteiger partial charge in [0.2, 0.25) is 0 Å². The molecule has 9 heteroatoms. The van der Waals surface area contributed by atoms with Crippen molar-refractivity contribution in [3.8, 4) is 5.69 Å². The highest BCUT2D eigenvalue weighted by atomic mass is 32.1. The topological polar surface area (TPSA) is 80.6 Å². The van der Waals surface area contributed by atoms with Crippen LogP contribution < -0.4 is 10.9 Å². The Balaban J connectivity index is 1.58. The van der Waals surface area contributed by atoms with Crippen molar-refractivity contribution in [2.24, 2.45) is 0 Å². The van der Waals surface area contributed by atoms with E-state index >= 15 is 0 Å². The third kappa shape index (κ3) is 5.45. The zero-order chi connectivity index (χ0) is 27.9. The highest BCUT2D eigenvalue weighted by molar-refractivity contribution is 7.23. The van der Waals surface area contributed by atoms with Crippen molar-refractivity contribution >= 4 is 38.4 Å². The molecule has 0 saturated carbocycles. The molecular formula is C30H30FN3O4S. The van der Waals surface area contributed by atoms with Crippen molar-refractivity contribution in [2.75, 3.05) is 18.4 Å². The Hall–Kier alpha value is -3.98. The summed E-state index contributed by atoms with van der Waals surface area (Å²) in [7, 11) is 0. The van der Waals surface area contributed by atoms with Crippen molar-refractivity contribution in [1.82, 2.24) is 9.47 Å². The molecule has 39 heavy (non-hydrogen) atoms. The van der Waals surface area contributed by atoms with Gasteiger partial charge in [0.25, 0.3) is 5.56 Å². The fraction of sp³-hybridized carbons (Fsp3) is 0.300. The first-order valence-corrected chi connectivity index (χ1v) is 13.6. The molecule has 0 bridgehead atoms. The maximum absolute atomic E-state index is 14.0. The molecule has 202 valence electrons. The summed E-state index contributed by atoms with van der Waals surface area (Å²) < 4.78 is 21.1. The summed E-state index contributed by atoms with van der Waals surface area (Å²) in [6.45, 7) is 8.04. The molecule has 2 aromatic heterocycles. The van der Waals surface area contributed by atoms with E-state index in [2.05, 4.69) is 5.32 Å². The van der Waals surface area contributed by atoms with E-state index in [1.807, 2.05) is 51.1 Å². The third-order valence-electron chi connectivity index (χ3n) is 6.58. The number of nitrogens with one attached hydrogen (secondary N) is 1. The number of hydrogen-bond acceptors (Lipinski definition) is 6. The standard InChI is InChI=1S/C30H30FN3O4S/c1-18-16-19(10-12-23(18)31)26(36)25-22-11-13-24(35)34(21-8-6-5-7-9-21)28(22)39-27(25)32-20-14-15-33(17-20)29(37)38-30(2,3)4/h5-13,16,20,32H,14-15,17H2,1-4H3/t20-/m1/s1. The Labute approximate surface area is 229 Å². The number of carbonyl (C=O) groups excluding carboxylic acids is 2. The monoisotopic (exact) mass is 547 g/mol. The number of aromatic nitrogens is 1. The SMILES string of the molecule is Cc1cc(C(=O)c2c(N[C@@H]3CCN(C(=O)OC(C)(C)C)C3)sc3c2ccc(=O)n3-c2ccccc2)ccc1F. The first-order chi connectivity index (χ1) is 18.5. The minimum Gasteiger partial charge on any atom is -0.444 e. The first-order valence-electron chi connectivity index (χ1n) is 12.8. The molecule has 0 spiro atoms. The number of para-hydroxylation sites is 1. The largest absolute Gasteiger partial charge is 0.444 e. The van der Waals surface area contributed by atoms with Gasteiger partial charge in [0.15, 0.2) is 5.78 Å². The van der Waals surface area contributed by atoms with E-state index in [1.165, 1.54) is 35.6 Å². The van der Waals surface area contributed by atoms with Gasteiger partial charge in [0, 0.05) is 36.1 Å². The molecular weight excluding hydrogens is 517 g/mol. The fourth-order valence-electron chi connectivity index (χ4n) is 4.72. The van der Waals surface area contributed by atoms with Crippen LogP contribution in [0.5, 0.6) is 0 Å². The minimum atomic E-state index is -0.595. The molecule has 1 amide bonds. The highest BCUT2D eigenvalue weighted by Gasteiger charge is 2.32. The molecule has 1 saturated heterocycles. The summed E-state index contributed by atoms with van der Waals surface area (Å²) in [5.74, 6) is -0.654. The van der Waals surface area contributed by atoms with Gasteiger partial charge in [-0.3, -0.25) is 14.2 Å². The van der Waals surface area contributed by atoms with Crippen molar-refractivity contribution in [3.63, 3.8) is 0 Å². The van der Waals surface area contributed by atoms with Crippen LogP contribution in [0.1, 0.15) is 48.7 Å². The number of anilines is 1. The van der Waals surface area contributed by atoms with Crippen molar-refractivity contribution in [1.29, 1.82) is 0 Å². The van der Waals surface area contributed by atoms with Crippen molar-refractivity contribution in [2.45, 2.75) is 45.8 Å². The summed E-state index contributed by atoms with van der Waals surface area (Å²) in [5.41, 5.74) is 1.03. The molecule has 1 atom stereocenters. The number of halogens is 1. The minimum absolute atomic E-state index is 0.121. The van der Waals surface area contributed by atoms with Crippen LogP contribution in [0.2, 0.25) is 0 Å². The molecule has 3 heterocycles. The number of hydrogen-bond donors (Lipinski definition) is 1. The molecule has 1 aliphatic heterocycles. The average molecular weight is 548 g/mol. The van der Waals surface area contributed by atoms with Crippen LogP contribution in [-0.2, 0) is 4.74 Å². The van der Waals surface area contributed by atoms with Gasteiger partial charge in [-0.1, -0.05) is 29.5 Å². The van der Waals surface area contributed by atoms with E-state index in [4.69, 9.17) is 4.74 Å². The normalized spacial score (nSPS) is 15.5. The molecule has 1 aliphatic rings. The Bertz CT molecular complexity index is 1620. The Morgan fingerprint density at radius 1 is 1.08 bits per heavy atom. The Kier molecular flexibility index (Phi) is 7.03. The van der Waals surface area contributed by atoms with Gasteiger partial charge >= 0.3 is 6.09 Å². The molecule has 1 N–H and O–H groups in total. The molecule has 0 aliphatic carbocycles. The molecule has 4 aromatic rings. The summed E-state index contributed by atoms with van der Waals surface area (Å²) in [4.78, 5) is 41.8. The number of ketones is 1. The first kappa shape index (κ1) is 26.6. The second-order valence-electron chi connectivity index (χ2n) is 10.7. The number of pyridine rings is 1. The molecule has 0 radical (unpaired) electrons. The highest BCUT2D eigenvalue weighted by Crippen LogP contribution is 2.38. The molecule has 2 aromatic carbocycles. The zero-order valence-electron chi connectivity index (χ0n) is 22.3. The average Bonchev–Trinajstić information content (AvgIpc) is 3.49. The number of thiophene rings is 1. The number of fused-ring (bicyclic) bond motifs is 1. The van der Waals surface area contributed by atoms with E-state index in [9.17, 15) is 18.8 Å². The summed E-state index contributed by atoms with van der Waals surface area (Å²) >= 11 is 1.32. The van der Waals surface area contributed by atoms with Crippen LogP contribution in [0, 0.1) is 12.7 Å². The molecule has 7 nitrogen and oxygen atoms in total. The van der Waals surface area contributed by atoms with Crippen LogP contribution in [0.4, 0.5) is 14.2 Å². The van der Waals surface area contributed by atoms with E-state index in [1.54, 1.807) is 22.5 Å². The van der Waals surface area contributed by atoms with E-state index < -0.39 is 5.60 Å². The van der Waals surface area contributed by atoms with Gasteiger partial charge in [-0.25, -0.2) is 9.18 Å². The number of amides is 1. The number of nitrogens with zero attached hydrogens (tertiary/aromatic N) is 2. The van der Waals surface area contributed by atoms with Gasteiger partial charge in [0.1, 0.15) is 21.2 Å². The second kappa shape index (κ2) is 10.3. The van der Waals surface area contributed by atoms with E-state index in [-0.39, 0.29) is 29.3 Å². The zero-order valence-corrected chi connectivity index (χ0v) is 23.1. The predicted molar refractivity (Wildman–Crippen MR) is 152 cm³/mol. The molecule has 1 fully saturated rings. The molecule has 5 rings (SSSR count). The number of ether oxygens (including phenoxy) is 1. The fourth-order valence-corrected chi connectivity index (χ4v) is 6.01. The third-order valence-corrected chi connectivity index (χ3v) is 7.70. The van der Waals surface area contributed by atoms with Crippen LogP contribution in [0.3, 0.4) is 0 Å². The number of benzene rings is 2. The Morgan fingerprint density at radius 3 is 2.51 bits per heavy atom. The molecule has 0 unspecified atom stereocenters. The van der Waals surface area contributed by atoms with Crippen LogP contribution in [0.15, 0.2) is 65.5 Å².